The zero-order valence-electron chi connectivity index (χ0n) is 21.2. The van der Waals surface area contributed by atoms with Gasteiger partial charge < -0.3 is 9.47 Å². The highest BCUT2D eigenvalue weighted by Crippen LogP contribution is 2.33. The van der Waals surface area contributed by atoms with Crippen molar-refractivity contribution in [3.05, 3.63) is 50.9 Å². The Bertz CT molecular complexity index is 1300. The summed E-state index contributed by atoms with van der Waals surface area (Å²) in [6, 6.07) is 4.75. The highest BCUT2D eigenvalue weighted by atomic mass is 32.1. The van der Waals surface area contributed by atoms with Crippen LogP contribution in [0.1, 0.15) is 74.4 Å². The van der Waals surface area contributed by atoms with Crippen LogP contribution in [0.15, 0.2) is 34.4 Å². The minimum Gasteiger partial charge on any atom is -0.493 e. The van der Waals surface area contributed by atoms with Crippen LogP contribution in [0.2, 0.25) is 0 Å². The number of nitrogens with one attached hydrogen (secondary N) is 1. The first-order chi connectivity index (χ1) is 17.5. The third kappa shape index (κ3) is 5.78. The summed E-state index contributed by atoms with van der Waals surface area (Å²) in [7, 11) is 1.59. The van der Waals surface area contributed by atoms with Gasteiger partial charge in [-0.3, -0.25) is 14.2 Å². The molecule has 0 saturated heterocycles. The molecule has 0 bridgehead atoms. The molecule has 0 saturated carbocycles. The van der Waals surface area contributed by atoms with Crippen LogP contribution in [-0.2, 0) is 17.6 Å². The fourth-order valence-electron chi connectivity index (χ4n) is 4.42. The second kappa shape index (κ2) is 12.2. The number of amides is 1. The maximum absolute atomic E-state index is 13.2. The molecule has 1 aliphatic rings. The molecule has 36 heavy (non-hydrogen) atoms. The van der Waals surface area contributed by atoms with E-state index in [2.05, 4.69) is 22.4 Å². The normalized spacial score (nSPS) is 14.1. The summed E-state index contributed by atoms with van der Waals surface area (Å²) in [5, 5.41) is 4.75. The molecule has 3 aromatic rings. The summed E-state index contributed by atoms with van der Waals surface area (Å²) in [6.45, 7) is 4.50. The third-order valence-corrected chi connectivity index (χ3v) is 7.73. The SMILES string of the molecule is CCCCCCOc1ccc(C=NNC(=O)C(C)n2cnc3sc4c(c3c2=O)CCCC4)cc1OC. The Hall–Kier alpha value is -3.20. The molecule has 1 aromatic carbocycles. The first kappa shape index (κ1) is 25.9. The van der Waals surface area contributed by atoms with Gasteiger partial charge in [0.15, 0.2) is 11.5 Å². The van der Waals surface area contributed by atoms with E-state index in [1.165, 1.54) is 34.8 Å². The smallest absolute Gasteiger partial charge is 0.263 e. The average molecular weight is 511 g/mol. The topological polar surface area (TPSA) is 94.8 Å². The number of hydrogen-bond donors (Lipinski definition) is 1. The predicted octanol–water partition coefficient (Wildman–Crippen LogP) is 5.02. The summed E-state index contributed by atoms with van der Waals surface area (Å²) < 4.78 is 12.7. The van der Waals surface area contributed by atoms with E-state index in [-0.39, 0.29) is 5.56 Å². The van der Waals surface area contributed by atoms with Crippen molar-refractivity contribution in [2.24, 2.45) is 5.10 Å². The first-order valence-electron chi connectivity index (χ1n) is 12.7. The largest absolute Gasteiger partial charge is 0.493 e. The Balaban J connectivity index is 1.40. The molecule has 1 N–H and O–H groups in total. The molecule has 1 aliphatic carbocycles. The molecule has 0 radical (unpaired) electrons. The summed E-state index contributed by atoms with van der Waals surface area (Å²) in [5.74, 6) is 0.901. The minimum atomic E-state index is -0.747. The number of unbranched alkanes of at least 4 members (excludes halogenated alkanes) is 3. The van der Waals surface area contributed by atoms with Crippen molar-refractivity contribution >= 4 is 33.7 Å². The van der Waals surface area contributed by atoms with E-state index in [9.17, 15) is 9.59 Å². The molecule has 4 rings (SSSR count). The zero-order chi connectivity index (χ0) is 25.5. The molecule has 8 nitrogen and oxygen atoms in total. The molecule has 2 aromatic heterocycles. The summed E-state index contributed by atoms with van der Waals surface area (Å²) in [4.78, 5) is 32.5. The minimum absolute atomic E-state index is 0.166. The van der Waals surface area contributed by atoms with Crippen molar-refractivity contribution in [2.45, 2.75) is 71.3 Å². The van der Waals surface area contributed by atoms with Gasteiger partial charge in [0, 0.05) is 4.88 Å². The lowest BCUT2D eigenvalue weighted by Crippen LogP contribution is -2.34. The summed E-state index contributed by atoms with van der Waals surface area (Å²) in [6.07, 6.45) is 11.7. The zero-order valence-corrected chi connectivity index (χ0v) is 22.0. The van der Waals surface area contributed by atoms with Gasteiger partial charge in [-0.1, -0.05) is 26.2 Å². The first-order valence-corrected chi connectivity index (χ1v) is 13.5. The Morgan fingerprint density at radius 3 is 2.89 bits per heavy atom. The lowest BCUT2D eigenvalue weighted by molar-refractivity contribution is -0.123. The lowest BCUT2D eigenvalue weighted by Gasteiger charge is -2.14. The van der Waals surface area contributed by atoms with Gasteiger partial charge in [-0.15, -0.1) is 11.3 Å². The van der Waals surface area contributed by atoms with Crippen LogP contribution in [0.5, 0.6) is 11.5 Å². The second-order valence-corrected chi connectivity index (χ2v) is 10.2. The molecule has 0 spiro atoms. The van der Waals surface area contributed by atoms with Crippen molar-refractivity contribution in [1.29, 1.82) is 0 Å². The van der Waals surface area contributed by atoms with Crippen molar-refractivity contribution < 1.29 is 14.3 Å². The Kier molecular flexibility index (Phi) is 8.74. The number of aryl methyl sites for hydroxylation is 2. The highest BCUT2D eigenvalue weighted by Gasteiger charge is 2.23. The Labute approximate surface area is 215 Å². The van der Waals surface area contributed by atoms with Crippen LogP contribution < -0.4 is 20.5 Å². The standard InChI is InChI=1S/C27H34N4O4S/c1-4-5-6-9-14-35-21-13-12-19(15-22(21)34-3)16-29-30-25(32)18(2)31-17-28-26-24(27(31)33)20-10-7-8-11-23(20)36-26/h12-13,15-18H,4-11,14H2,1-3H3,(H,30,32). The molecule has 9 heteroatoms. The maximum Gasteiger partial charge on any atom is 0.263 e. The number of rotatable bonds is 11. The second-order valence-electron chi connectivity index (χ2n) is 9.08. The van der Waals surface area contributed by atoms with E-state index in [0.29, 0.717) is 23.5 Å². The van der Waals surface area contributed by atoms with Gasteiger partial charge in [-0.25, -0.2) is 10.4 Å². The molecule has 2 heterocycles. The molecule has 1 unspecified atom stereocenters. The van der Waals surface area contributed by atoms with Crippen LogP contribution >= 0.6 is 11.3 Å². The average Bonchev–Trinajstić information content (AvgIpc) is 3.28. The molecule has 0 aliphatic heterocycles. The fourth-order valence-corrected chi connectivity index (χ4v) is 5.64. The summed E-state index contributed by atoms with van der Waals surface area (Å²) >= 11 is 1.60. The number of benzene rings is 1. The van der Waals surface area contributed by atoms with Crippen molar-refractivity contribution in [1.82, 2.24) is 15.0 Å². The van der Waals surface area contributed by atoms with E-state index >= 15 is 0 Å². The van der Waals surface area contributed by atoms with Gasteiger partial charge in [0.1, 0.15) is 10.9 Å². The summed E-state index contributed by atoms with van der Waals surface area (Å²) in [5.41, 5.74) is 4.24. The number of ether oxygens (including phenoxy) is 2. The van der Waals surface area contributed by atoms with Crippen LogP contribution in [0.25, 0.3) is 10.2 Å². The number of hydrazone groups is 1. The number of aromatic nitrogens is 2. The molecular formula is C27H34N4O4S. The maximum atomic E-state index is 13.2. The highest BCUT2D eigenvalue weighted by molar-refractivity contribution is 7.18. The number of fused-ring (bicyclic) bond motifs is 3. The number of nitrogens with zero attached hydrogens (tertiary/aromatic N) is 3. The van der Waals surface area contributed by atoms with Crippen molar-refractivity contribution in [2.75, 3.05) is 13.7 Å². The third-order valence-electron chi connectivity index (χ3n) is 6.53. The van der Waals surface area contributed by atoms with Crippen molar-refractivity contribution in [3.63, 3.8) is 0 Å². The lowest BCUT2D eigenvalue weighted by atomic mass is 9.97. The number of hydrogen-bond acceptors (Lipinski definition) is 7. The number of thiophene rings is 1. The quantitative estimate of drug-likeness (QED) is 0.222. The Morgan fingerprint density at radius 1 is 1.25 bits per heavy atom. The van der Waals surface area contributed by atoms with Gasteiger partial charge in [0.25, 0.3) is 11.5 Å². The van der Waals surface area contributed by atoms with E-state index in [1.807, 2.05) is 18.2 Å². The van der Waals surface area contributed by atoms with Gasteiger partial charge >= 0.3 is 0 Å². The predicted molar refractivity (Wildman–Crippen MR) is 144 cm³/mol. The molecular weight excluding hydrogens is 476 g/mol. The van der Waals surface area contributed by atoms with Crippen LogP contribution in [0.4, 0.5) is 0 Å². The van der Waals surface area contributed by atoms with Crippen molar-refractivity contribution in [3.8, 4) is 11.5 Å². The van der Waals surface area contributed by atoms with Gasteiger partial charge in [0.2, 0.25) is 0 Å². The van der Waals surface area contributed by atoms with Gasteiger partial charge in [-0.2, -0.15) is 5.10 Å². The number of carbonyl (C=O) groups excluding carboxylic acids is 1. The molecule has 192 valence electrons. The van der Waals surface area contributed by atoms with E-state index in [1.54, 1.807) is 25.4 Å². The fraction of sp³-hybridized carbons (Fsp3) is 0.481. The van der Waals surface area contributed by atoms with Gasteiger partial charge in [0.05, 0.1) is 31.6 Å². The molecule has 0 fully saturated rings. The van der Waals surface area contributed by atoms with Gasteiger partial charge in [-0.05, 0) is 68.4 Å². The molecule has 1 amide bonds. The monoisotopic (exact) mass is 510 g/mol. The van der Waals surface area contributed by atoms with Crippen LogP contribution in [-0.4, -0.2) is 35.4 Å². The van der Waals surface area contributed by atoms with E-state index < -0.39 is 11.9 Å². The number of carbonyl (C=O) groups is 1. The van der Waals surface area contributed by atoms with E-state index in [4.69, 9.17) is 9.47 Å². The number of methoxy groups -OCH3 is 1. The van der Waals surface area contributed by atoms with E-state index in [0.717, 1.165) is 54.5 Å². The Morgan fingerprint density at radius 2 is 2.08 bits per heavy atom. The van der Waals surface area contributed by atoms with Crippen LogP contribution in [0, 0.1) is 0 Å². The molecule has 1 atom stereocenters. The van der Waals surface area contributed by atoms with Crippen LogP contribution in [0.3, 0.4) is 0 Å².